The number of aryl methyl sites for hydroxylation is 1. The summed E-state index contributed by atoms with van der Waals surface area (Å²) in [5.74, 6) is 0.895. The van der Waals surface area contributed by atoms with Crippen LogP contribution < -0.4 is 10.1 Å². The van der Waals surface area contributed by atoms with Crippen LogP contribution in [0.1, 0.15) is 19.0 Å². The summed E-state index contributed by atoms with van der Waals surface area (Å²) in [6, 6.07) is 3.95. The summed E-state index contributed by atoms with van der Waals surface area (Å²) in [4.78, 5) is 4.37. The molecule has 92 valence electrons. The number of hydrogen-bond acceptors (Lipinski definition) is 3. The molecule has 0 bridgehead atoms. The van der Waals surface area contributed by atoms with E-state index >= 15 is 0 Å². The number of hydrogen-bond donors (Lipinski definition) is 1. The number of aromatic nitrogens is 2. The zero-order chi connectivity index (χ0) is 12.1. The highest BCUT2D eigenvalue weighted by atomic mass is 16.5. The normalized spacial score (nSPS) is 10.9. The van der Waals surface area contributed by atoms with Crippen molar-refractivity contribution in [3.8, 4) is 5.75 Å². The van der Waals surface area contributed by atoms with Crippen molar-refractivity contribution in [2.75, 3.05) is 19.7 Å². The van der Waals surface area contributed by atoms with E-state index < -0.39 is 0 Å². The predicted octanol–water partition coefficient (Wildman–Crippen LogP) is 2.02. The number of rotatable bonds is 6. The van der Waals surface area contributed by atoms with Crippen LogP contribution in [0.3, 0.4) is 0 Å². The fourth-order valence-corrected chi connectivity index (χ4v) is 1.75. The van der Waals surface area contributed by atoms with E-state index in [2.05, 4.69) is 17.2 Å². The zero-order valence-corrected chi connectivity index (χ0v) is 10.4. The molecule has 2 aromatic heterocycles. The fourth-order valence-electron chi connectivity index (χ4n) is 1.75. The molecule has 0 aliphatic rings. The second-order valence-corrected chi connectivity index (χ2v) is 4.07. The van der Waals surface area contributed by atoms with Gasteiger partial charge in [0.25, 0.3) is 0 Å². The van der Waals surface area contributed by atoms with Gasteiger partial charge in [-0.05, 0) is 38.6 Å². The van der Waals surface area contributed by atoms with Crippen LogP contribution in [0, 0.1) is 6.92 Å². The molecule has 2 heterocycles. The van der Waals surface area contributed by atoms with Crippen LogP contribution in [0.5, 0.6) is 5.75 Å². The van der Waals surface area contributed by atoms with E-state index in [1.54, 1.807) is 0 Å². The van der Waals surface area contributed by atoms with E-state index in [1.807, 2.05) is 35.9 Å². The quantitative estimate of drug-likeness (QED) is 0.776. The summed E-state index contributed by atoms with van der Waals surface area (Å²) in [7, 11) is 0. The topological polar surface area (TPSA) is 38.6 Å². The Kier molecular flexibility index (Phi) is 3.98. The first-order valence-electron chi connectivity index (χ1n) is 6.08. The predicted molar refractivity (Wildman–Crippen MR) is 68.6 cm³/mol. The Balaban J connectivity index is 1.90. The molecule has 17 heavy (non-hydrogen) atoms. The Morgan fingerprint density at radius 3 is 3.06 bits per heavy atom. The second kappa shape index (κ2) is 5.68. The number of nitrogens with one attached hydrogen (secondary N) is 1. The monoisotopic (exact) mass is 233 g/mol. The average Bonchev–Trinajstić information content (AvgIpc) is 2.68. The molecule has 4 heteroatoms. The Labute approximate surface area is 102 Å². The highest BCUT2D eigenvalue weighted by molar-refractivity contribution is 5.42. The number of imidazole rings is 1. The van der Waals surface area contributed by atoms with Crippen molar-refractivity contribution in [2.24, 2.45) is 0 Å². The molecule has 0 aliphatic carbocycles. The van der Waals surface area contributed by atoms with Crippen LogP contribution in [-0.2, 0) is 0 Å². The molecule has 0 saturated heterocycles. The van der Waals surface area contributed by atoms with Crippen molar-refractivity contribution in [2.45, 2.75) is 20.3 Å². The molecule has 0 unspecified atom stereocenters. The number of fused-ring (bicyclic) bond motifs is 1. The van der Waals surface area contributed by atoms with Crippen LogP contribution in [0.25, 0.3) is 5.65 Å². The highest BCUT2D eigenvalue weighted by Crippen LogP contribution is 2.13. The van der Waals surface area contributed by atoms with E-state index in [0.29, 0.717) is 0 Å². The van der Waals surface area contributed by atoms with Crippen LogP contribution in [0.4, 0.5) is 0 Å². The molecule has 2 rings (SSSR count). The van der Waals surface area contributed by atoms with Gasteiger partial charge in [0, 0.05) is 6.20 Å². The maximum Gasteiger partial charge on any atom is 0.137 e. The molecular formula is C13H19N3O. The van der Waals surface area contributed by atoms with Crippen LogP contribution in [0.2, 0.25) is 0 Å². The Morgan fingerprint density at radius 2 is 2.24 bits per heavy atom. The van der Waals surface area contributed by atoms with Gasteiger partial charge in [0.1, 0.15) is 11.4 Å². The zero-order valence-electron chi connectivity index (χ0n) is 10.4. The standard InChI is InChI=1S/C13H19N3O/c1-3-14-7-4-8-17-12-5-6-13-15-11(2)9-16(13)10-12/h5-6,9-10,14H,3-4,7-8H2,1-2H3. The lowest BCUT2D eigenvalue weighted by Crippen LogP contribution is -2.16. The van der Waals surface area contributed by atoms with Crippen molar-refractivity contribution < 1.29 is 4.74 Å². The molecule has 0 aliphatic heterocycles. The lowest BCUT2D eigenvalue weighted by atomic mass is 10.4. The van der Waals surface area contributed by atoms with Crippen molar-refractivity contribution in [1.29, 1.82) is 0 Å². The third-order valence-corrected chi connectivity index (χ3v) is 2.56. The summed E-state index contributed by atoms with van der Waals surface area (Å²) in [5.41, 5.74) is 1.98. The van der Waals surface area contributed by atoms with E-state index in [1.165, 1.54) is 0 Å². The summed E-state index contributed by atoms with van der Waals surface area (Å²) < 4.78 is 7.68. The summed E-state index contributed by atoms with van der Waals surface area (Å²) >= 11 is 0. The Hall–Kier alpha value is -1.55. The van der Waals surface area contributed by atoms with Gasteiger partial charge >= 0.3 is 0 Å². The second-order valence-electron chi connectivity index (χ2n) is 4.07. The number of nitrogens with zero attached hydrogens (tertiary/aromatic N) is 2. The van der Waals surface area contributed by atoms with Gasteiger partial charge in [-0.2, -0.15) is 0 Å². The summed E-state index contributed by atoms with van der Waals surface area (Å²) in [6.45, 7) is 6.86. The van der Waals surface area contributed by atoms with Gasteiger partial charge in [0.05, 0.1) is 18.5 Å². The lowest BCUT2D eigenvalue weighted by Gasteiger charge is -2.06. The number of pyridine rings is 1. The molecule has 2 aromatic rings. The van der Waals surface area contributed by atoms with Crippen LogP contribution in [0.15, 0.2) is 24.5 Å². The van der Waals surface area contributed by atoms with Gasteiger partial charge in [-0.15, -0.1) is 0 Å². The first kappa shape index (κ1) is 11.9. The molecule has 0 atom stereocenters. The molecule has 0 radical (unpaired) electrons. The van der Waals surface area contributed by atoms with E-state index in [4.69, 9.17) is 4.74 Å². The van der Waals surface area contributed by atoms with Crippen molar-refractivity contribution in [3.05, 3.63) is 30.2 Å². The molecule has 0 aromatic carbocycles. The first-order chi connectivity index (χ1) is 8.29. The highest BCUT2D eigenvalue weighted by Gasteiger charge is 1.99. The molecule has 0 saturated carbocycles. The van der Waals surface area contributed by atoms with E-state index in [0.717, 1.165) is 43.2 Å². The van der Waals surface area contributed by atoms with Crippen LogP contribution >= 0.6 is 0 Å². The minimum atomic E-state index is 0.742. The first-order valence-corrected chi connectivity index (χ1v) is 6.08. The van der Waals surface area contributed by atoms with E-state index in [-0.39, 0.29) is 0 Å². The third-order valence-electron chi connectivity index (χ3n) is 2.56. The molecule has 0 amide bonds. The minimum absolute atomic E-state index is 0.742. The maximum atomic E-state index is 5.68. The van der Waals surface area contributed by atoms with Crippen LogP contribution in [-0.4, -0.2) is 29.1 Å². The van der Waals surface area contributed by atoms with Crippen molar-refractivity contribution in [3.63, 3.8) is 0 Å². The fraction of sp³-hybridized carbons (Fsp3) is 0.462. The molecule has 0 fully saturated rings. The average molecular weight is 233 g/mol. The maximum absolute atomic E-state index is 5.68. The lowest BCUT2D eigenvalue weighted by molar-refractivity contribution is 0.307. The third kappa shape index (κ3) is 3.20. The molecular weight excluding hydrogens is 214 g/mol. The van der Waals surface area contributed by atoms with Gasteiger partial charge in [-0.3, -0.25) is 0 Å². The molecule has 0 spiro atoms. The van der Waals surface area contributed by atoms with E-state index in [9.17, 15) is 0 Å². The van der Waals surface area contributed by atoms with Gasteiger partial charge in [-0.1, -0.05) is 6.92 Å². The molecule has 4 nitrogen and oxygen atoms in total. The minimum Gasteiger partial charge on any atom is -0.492 e. The molecule has 1 N–H and O–H groups in total. The SMILES string of the molecule is CCNCCCOc1ccc2nc(C)cn2c1. The summed E-state index contributed by atoms with van der Waals surface area (Å²) in [6.07, 6.45) is 5.00. The Morgan fingerprint density at radius 1 is 1.35 bits per heavy atom. The van der Waals surface area contributed by atoms with Crippen molar-refractivity contribution >= 4 is 5.65 Å². The van der Waals surface area contributed by atoms with Gasteiger partial charge in [0.15, 0.2) is 0 Å². The van der Waals surface area contributed by atoms with Crippen molar-refractivity contribution in [1.82, 2.24) is 14.7 Å². The van der Waals surface area contributed by atoms with Gasteiger partial charge < -0.3 is 14.5 Å². The Bertz CT molecular complexity index is 478. The smallest absolute Gasteiger partial charge is 0.137 e. The van der Waals surface area contributed by atoms with Gasteiger partial charge in [0.2, 0.25) is 0 Å². The number of ether oxygens (including phenoxy) is 1. The summed E-state index contributed by atoms with van der Waals surface area (Å²) in [5, 5.41) is 3.27. The largest absolute Gasteiger partial charge is 0.492 e. The van der Waals surface area contributed by atoms with Gasteiger partial charge in [-0.25, -0.2) is 4.98 Å².